The van der Waals surface area contributed by atoms with Crippen LogP contribution < -0.4 is 16.0 Å². The molecule has 100 valence electrons. The first-order valence-corrected chi connectivity index (χ1v) is 6.08. The van der Waals surface area contributed by atoms with Gasteiger partial charge < -0.3 is 10.2 Å². The summed E-state index contributed by atoms with van der Waals surface area (Å²) in [4.78, 5) is 8.91. The van der Waals surface area contributed by atoms with E-state index < -0.39 is 0 Å². The predicted molar refractivity (Wildman–Crippen MR) is 75.1 cm³/mol. The van der Waals surface area contributed by atoms with Crippen molar-refractivity contribution in [3.05, 3.63) is 46.9 Å². The van der Waals surface area contributed by atoms with Gasteiger partial charge >= 0.3 is 0 Å². The summed E-state index contributed by atoms with van der Waals surface area (Å²) < 4.78 is 5.33. The van der Waals surface area contributed by atoms with Crippen LogP contribution in [0.2, 0.25) is 0 Å². The minimum absolute atomic E-state index is 0.611. The maximum absolute atomic E-state index is 5.47. The van der Waals surface area contributed by atoms with Crippen molar-refractivity contribution >= 4 is 5.82 Å². The largest absolute Gasteiger partial charge is 0.496 e. The van der Waals surface area contributed by atoms with Crippen molar-refractivity contribution in [1.29, 1.82) is 0 Å². The Balaban J connectivity index is 2.36. The van der Waals surface area contributed by atoms with Gasteiger partial charge in [0.15, 0.2) is 0 Å². The molecule has 1 aromatic carbocycles. The van der Waals surface area contributed by atoms with Crippen LogP contribution >= 0.6 is 0 Å². The highest BCUT2D eigenvalue weighted by molar-refractivity contribution is 5.45. The van der Waals surface area contributed by atoms with Crippen molar-refractivity contribution in [3.8, 4) is 5.75 Å². The van der Waals surface area contributed by atoms with E-state index in [1.54, 1.807) is 7.11 Å². The van der Waals surface area contributed by atoms with Crippen LogP contribution in [0, 0.1) is 13.8 Å². The van der Waals surface area contributed by atoms with Crippen molar-refractivity contribution in [1.82, 2.24) is 9.97 Å². The molecule has 2 rings (SSSR count). The molecule has 0 saturated carbocycles. The molecule has 0 fully saturated rings. The number of benzene rings is 1. The molecule has 5 nitrogen and oxygen atoms in total. The van der Waals surface area contributed by atoms with Crippen molar-refractivity contribution in [2.45, 2.75) is 20.3 Å². The number of hydrogen-bond acceptors (Lipinski definition) is 5. The second kappa shape index (κ2) is 5.67. The number of nitrogens with two attached hydrogens (primary N) is 1. The third-order valence-electron chi connectivity index (χ3n) is 3.11. The average molecular weight is 258 g/mol. The van der Waals surface area contributed by atoms with E-state index in [9.17, 15) is 0 Å². The lowest BCUT2D eigenvalue weighted by molar-refractivity contribution is 0.410. The van der Waals surface area contributed by atoms with Crippen LogP contribution in [0.25, 0.3) is 0 Å². The van der Waals surface area contributed by atoms with Crippen molar-refractivity contribution in [2.24, 2.45) is 5.84 Å². The number of methoxy groups -OCH3 is 1. The number of nitrogens with zero attached hydrogens (tertiary/aromatic N) is 2. The van der Waals surface area contributed by atoms with Crippen molar-refractivity contribution in [3.63, 3.8) is 0 Å². The highest BCUT2D eigenvalue weighted by Gasteiger charge is 2.10. The fourth-order valence-corrected chi connectivity index (χ4v) is 1.93. The topological polar surface area (TPSA) is 73.1 Å². The van der Waals surface area contributed by atoms with E-state index in [-0.39, 0.29) is 0 Å². The molecule has 2 aromatic rings. The van der Waals surface area contributed by atoms with E-state index in [2.05, 4.69) is 15.4 Å². The third kappa shape index (κ3) is 2.82. The number of hydrazine groups is 1. The molecule has 0 amide bonds. The number of aryl methyl sites for hydroxylation is 1. The number of aromatic nitrogens is 2. The van der Waals surface area contributed by atoms with Gasteiger partial charge in [-0.3, -0.25) is 0 Å². The first kappa shape index (κ1) is 13.3. The Hall–Kier alpha value is -2.14. The Kier molecular flexibility index (Phi) is 3.97. The van der Waals surface area contributed by atoms with E-state index in [4.69, 9.17) is 10.6 Å². The van der Waals surface area contributed by atoms with Gasteiger partial charge in [-0.05, 0) is 19.9 Å². The quantitative estimate of drug-likeness (QED) is 0.648. The molecule has 0 aliphatic heterocycles. The maximum atomic E-state index is 5.47. The molecule has 1 heterocycles. The lowest BCUT2D eigenvalue weighted by Gasteiger charge is -2.11. The Labute approximate surface area is 112 Å². The molecule has 19 heavy (non-hydrogen) atoms. The fraction of sp³-hybridized carbons (Fsp3) is 0.286. The number of hydrogen-bond donors (Lipinski definition) is 2. The number of rotatable bonds is 4. The van der Waals surface area contributed by atoms with Gasteiger partial charge in [-0.1, -0.05) is 18.2 Å². The highest BCUT2D eigenvalue weighted by atomic mass is 16.5. The Bertz CT molecular complexity index is 584. The molecular formula is C14H18N4O. The van der Waals surface area contributed by atoms with Crippen LogP contribution in [0.3, 0.4) is 0 Å². The minimum atomic E-state index is 0.611. The lowest BCUT2D eigenvalue weighted by atomic mass is 10.1. The molecule has 3 N–H and O–H groups in total. The number of para-hydroxylation sites is 1. The van der Waals surface area contributed by atoms with Crippen LogP contribution in [0.4, 0.5) is 5.82 Å². The van der Waals surface area contributed by atoms with E-state index >= 15 is 0 Å². The van der Waals surface area contributed by atoms with Crippen LogP contribution in [0.5, 0.6) is 5.75 Å². The monoisotopic (exact) mass is 258 g/mol. The van der Waals surface area contributed by atoms with Gasteiger partial charge in [0.05, 0.1) is 7.11 Å². The summed E-state index contributed by atoms with van der Waals surface area (Å²) in [6, 6.07) is 7.85. The molecule has 5 heteroatoms. The van der Waals surface area contributed by atoms with Gasteiger partial charge in [0.1, 0.15) is 17.4 Å². The van der Waals surface area contributed by atoms with Crippen LogP contribution in [-0.2, 0) is 6.42 Å². The zero-order chi connectivity index (χ0) is 13.8. The van der Waals surface area contributed by atoms with Gasteiger partial charge in [0.25, 0.3) is 0 Å². The Morgan fingerprint density at radius 3 is 2.63 bits per heavy atom. The highest BCUT2D eigenvalue weighted by Crippen LogP contribution is 2.21. The van der Waals surface area contributed by atoms with Gasteiger partial charge in [-0.2, -0.15) is 0 Å². The van der Waals surface area contributed by atoms with E-state index in [0.29, 0.717) is 12.2 Å². The molecule has 1 aromatic heterocycles. The zero-order valence-corrected chi connectivity index (χ0v) is 11.4. The Morgan fingerprint density at radius 1 is 1.21 bits per heavy atom. The summed E-state index contributed by atoms with van der Waals surface area (Å²) in [6.07, 6.45) is 0.611. The van der Waals surface area contributed by atoms with Crippen LogP contribution in [0.1, 0.15) is 22.6 Å². The summed E-state index contributed by atoms with van der Waals surface area (Å²) >= 11 is 0. The van der Waals surface area contributed by atoms with Gasteiger partial charge in [-0.25, -0.2) is 15.8 Å². The van der Waals surface area contributed by atoms with Gasteiger partial charge in [-0.15, -0.1) is 0 Å². The normalized spacial score (nSPS) is 10.3. The first-order valence-electron chi connectivity index (χ1n) is 6.08. The SMILES string of the molecule is COc1ccccc1Cc1nc(C)c(C)c(NN)n1. The second-order valence-electron chi connectivity index (χ2n) is 4.33. The maximum Gasteiger partial charge on any atom is 0.146 e. The molecule has 0 bridgehead atoms. The first-order chi connectivity index (χ1) is 9.15. The van der Waals surface area contributed by atoms with Crippen molar-refractivity contribution in [2.75, 3.05) is 12.5 Å². The molecule has 0 aliphatic carbocycles. The van der Waals surface area contributed by atoms with E-state index in [1.807, 2.05) is 38.1 Å². The van der Waals surface area contributed by atoms with Crippen LogP contribution in [0.15, 0.2) is 24.3 Å². The molecule has 0 spiro atoms. The van der Waals surface area contributed by atoms with E-state index in [0.717, 1.165) is 28.4 Å². The summed E-state index contributed by atoms with van der Waals surface area (Å²) in [6.45, 7) is 3.89. The lowest BCUT2D eigenvalue weighted by Crippen LogP contribution is -2.13. The second-order valence-corrected chi connectivity index (χ2v) is 4.33. The number of ether oxygens (including phenoxy) is 1. The predicted octanol–water partition coefficient (Wildman–Crippen LogP) is 1.98. The molecule has 0 unspecified atom stereocenters. The van der Waals surface area contributed by atoms with E-state index in [1.165, 1.54) is 0 Å². The zero-order valence-electron chi connectivity index (χ0n) is 11.4. The van der Waals surface area contributed by atoms with Crippen molar-refractivity contribution < 1.29 is 4.74 Å². The number of nitrogens with one attached hydrogen (secondary N) is 1. The summed E-state index contributed by atoms with van der Waals surface area (Å²) in [5, 5.41) is 0. The summed E-state index contributed by atoms with van der Waals surface area (Å²) in [5.41, 5.74) is 5.55. The smallest absolute Gasteiger partial charge is 0.146 e. The number of anilines is 1. The fourth-order valence-electron chi connectivity index (χ4n) is 1.93. The molecule has 0 radical (unpaired) electrons. The summed E-state index contributed by atoms with van der Waals surface area (Å²) in [7, 11) is 1.66. The molecule has 0 aliphatic rings. The molecule has 0 atom stereocenters. The molecular weight excluding hydrogens is 240 g/mol. The third-order valence-corrected chi connectivity index (χ3v) is 3.11. The number of nitrogen functional groups attached to an aromatic ring is 1. The molecule has 0 saturated heterocycles. The standard InChI is InChI=1S/C14H18N4O/c1-9-10(2)16-13(17-14(9)18-15)8-11-6-4-5-7-12(11)19-3/h4-7H,8,15H2,1-3H3,(H,16,17,18). The minimum Gasteiger partial charge on any atom is -0.496 e. The average Bonchev–Trinajstić information content (AvgIpc) is 2.43. The van der Waals surface area contributed by atoms with Gasteiger partial charge in [0.2, 0.25) is 0 Å². The van der Waals surface area contributed by atoms with Gasteiger partial charge in [0, 0.05) is 23.2 Å². The van der Waals surface area contributed by atoms with Crippen LogP contribution in [-0.4, -0.2) is 17.1 Å². The summed E-state index contributed by atoms with van der Waals surface area (Å²) in [5.74, 6) is 7.70. The Morgan fingerprint density at radius 2 is 1.95 bits per heavy atom.